The van der Waals surface area contributed by atoms with E-state index in [0.717, 1.165) is 16.1 Å². The zero-order valence-electron chi connectivity index (χ0n) is 9.03. The second-order valence-electron chi connectivity index (χ2n) is 3.65. The molecule has 0 radical (unpaired) electrons. The molecule has 1 aromatic carbocycles. The van der Waals surface area contributed by atoms with Crippen molar-refractivity contribution in [1.29, 1.82) is 0 Å². The van der Waals surface area contributed by atoms with E-state index in [4.69, 9.17) is 5.11 Å². The van der Waals surface area contributed by atoms with Gasteiger partial charge in [-0.2, -0.15) is 0 Å². The SMILES string of the molecule is O=C(O)NCCc1ccc2c(c1)NC(=O)CS2. The highest BCUT2D eigenvalue weighted by Gasteiger charge is 2.15. The third-order valence-corrected chi connectivity index (χ3v) is 3.44. The summed E-state index contributed by atoms with van der Waals surface area (Å²) in [6.07, 6.45) is -0.410. The third-order valence-electron chi connectivity index (χ3n) is 2.37. The normalized spacial score (nSPS) is 13.8. The Labute approximate surface area is 103 Å². The third kappa shape index (κ3) is 3.13. The van der Waals surface area contributed by atoms with Crippen LogP contribution in [0.3, 0.4) is 0 Å². The van der Waals surface area contributed by atoms with Crippen LogP contribution in [0.2, 0.25) is 0 Å². The first kappa shape index (κ1) is 11.8. The Hall–Kier alpha value is -1.69. The Morgan fingerprint density at radius 2 is 2.35 bits per heavy atom. The van der Waals surface area contributed by atoms with Crippen LogP contribution in [-0.2, 0) is 11.2 Å². The monoisotopic (exact) mass is 252 g/mol. The van der Waals surface area contributed by atoms with Gasteiger partial charge in [-0.15, -0.1) is 11.8 Å². The topological polar surface area (TPSA) is 78.4 Å². The predicted molar refractivity (Wildman–Crippen MR) is 65.5 cm³/mol. The second-order valence-corrected chi connectivity index (χ2v) is 4.67. The van der Waals surface area contributed by atoms with E-state index in [9.17, 15) is 9.59 Å². The van der Waals surface area contributed by atoms with Crippen LogP contribution in [0.25, 0.3) is 0 Å². The van der Waals surface area contributed by atoms with Crippen LogP contribution in [0.15, 0.2) is 23.1 Å². The molecular weight excluding hydrogens is 240 g/mol. The van der Waals surface area contributed by atoms with Gasteiger partial charge in [-0.3, -0.25) is 4.79 Å². The molecule has 0 spiro atoms. The minimum Gasteiger partial charge on any atom is -0.465 e. The van der Waals surface area contributed by atoms with Crippen molar-refractivity contribution in [3.8, 4) is 0 Å². The first-order valence-electron chi connectivity index (χ1n) is 5.17. The standard InChI is InChI=1S/C11H12N2O3S/c14-10-6-17-9-2-1-7(5-8(9)13-10)3-4-12-11(15)16/h1-2,5,12H,3-4,6H2,(H,13,14)(H,15,16). The minimum absolute atomic E-state index is 0.00307. The number of thioether (sulfide) groups is 1. The maximum Gasteiger partial charge on any atom is 0.404 e. The molecule has 0 atom stereocenters. The number of carbonyl (C=O) groups is 2. The summed E-state index contributed by atoms with van der Waals surface area (Å²) >= 11 is 1.51. The van der Waals surface area contributed by atoms with E-state index in [1.165, 1.54) is 11.8 Å². The lowest BCUT2D eigenvalue weighted by molar-refractivity contribution is -0.113. The van der Waals surface area contributed by atoms with Gasteiger partial charge in [-0.05, 0) is 24.1 Å². The second kappa shape index (κ2) is 5.09. The highest BCUT2D eigenvalue weighted by Crippen LogP contribution is 2.31. The van der Waals surface area contributed by atoms with Gasteiger partial charge in [0.15, 0.2) is 0 Å². The van der Waals surface area contributed by atoms with Gasteiger partial charge >= 0.3 is 6.09 Å². The van der Waals surface area contributed by atoms with Crippen LogP contribution in [0.5, 0.6) is 0 Å². The maximum absolute atomic E-state index is 11.2. The molecule has 5 nitrogen and oxygen atoms in total. The quantitative estimate of drug-likeness (QED) is 0.762. The molecule has 1 aliphatic rings. The average molecular weight is 252 g/mol. The highest BCUT2D eigenvalue weighted by atomic mass is 32.2. The number of benzene rings is 1. The van der Waals surface area contributed by atoms with Gasteiger partial charge < -0.3 is 15.7 Å². The molecule has 0 bridgehead atoms. The summed E-state index contributed by atoms with van der Waals surface area (Å²) in [5, 5.41) is 13.6. The molecule has 90 valence electrons. The zero-order valence-corrected chi connectivity index (χ0v) is 9.84. The van der Waals surface area contributed by atoms with E-state index < -0.39 is 6.09 Å². The lowest BCUT2D eigenvalue weighted by atomic mass is 10.1. The number of rotatable bonds is 3. The summed E-state index contributed by atoms with van der Waals surface area (Å²) in [5.41, 5.74) is 1.82. The average Bonchev–Trinajstić information content (AvgIpc) is 2.28. The fourth-order valence-electron chi connectivity index (χ4n) is 1.60. The van der Waals surface area contributed by atoms with Crippen molar-refractivity contribution in [2.45, 2.75) is 11.3 Å². The van der Waals surface area contributed by atoms with Crippen LogP contribution in [0, 0.1) is 0 Å². The van der Waals surface area contributed by atoms with Crippen molar-refractivity contribution >= 4 is 29.4 Å². The van der Waals surface area contributed by atoms with Crippen LogP contribution >= 0.6 is 11.8 Å². The molecule has 3 N–H and O–H groups in total. The Kier molecular flexibility index (Phi) is 3.53. The fourth-order valence-corrected chi connectivity index (χ4v) is 2.39. The highest BCUT2D eigenvalue weighted by molar-refractivity contribution is 8.00. The molecule has 0 unspecified atom stereocenters. The molecule has 1 heterocycles. The van der Waals surface area contributed by atoms with Gasteiger partial charge in [0.05, 0.1) is 11.4 Å². The van der Waals surface area contributed by atoms with Crippen molar-refractivity contribution in [3.63, 3.8) is 0 Å². The fraction of sp³-hybridized carbons (Fsp3) is 0.273. The van der Waals surface area contributed by atoms with Gasteiger partial charge in [0.25, 0.3) is 0 Å². The van der Waals surface area contributed by atoms with Crippen LogP contribution < -0.4 is 10.6 Å². The van der Waals surface area contributed by atoms with Crippen LogP contribution in [0.1, 0.15) is 5.56 Å². The Morgan fingerprint density at radius 3 is 3.12 bits per heavy atom. The lowest BCUT2D eigenvalue weighted by Crippen LogP contribution is -2.23. The summed E-state index contributed by atoms with van der Waals surface area (Å²) in [7, 11) is 0. The first-order chi connectivity index (χ1) is 8.15. The zero-order chi connectivity index (χ0) is 12.3. The van der Waals surface area contributed by atoms with Crippen molar-refractivity contribution in [2.24, 2.45) is 0 Å². The first-order valence-corrected chi connectivity index (χ1v) is 6.16. The molecule has 0 saturated heterocycles. The molecular formula is C11H12N2O3S. The molecule has 0 fully saturated rings. The van der Waals surface area contributed by atoms with Crippen molar-refractivity contribution in [1.82, 2.24) is 5.32 Å². The van der Waals surface area contributed by atoms with E-state index in [1.54, 1.807) is 0 Å². The van der Waals surface area contributed by atoms with E-state index in [1.807, 2.05) is 18.2 Å². The largest absolute Gasteiger partial charge is 0.465 e. The molecule has 0 saturated carbocycles. The minimum atomic E-state index is -1.02. The van der Waals surface area contributed by atoms with Gasteiger partial charge in [0.2, 0.25) is 5.91 Å². The molecule has 0 aliphatic carbocycles. The molecule has 6 heteroatoms. The van der Waals surface area contributed by atoms with Crippen molar-refractivity contribution in [2.75, 3.05) is 17.6 Å². The number of nitrogens with one attached hydrogen (secondary N) is 2. The Balaban J connectivity index is 2.02. The number of hydrogen-bond donors (Lipinski definition) is 3. The summed E-state index contributed by atoms with van der Waals surface area (Å²) in [6.45, 7) is 0.370. The molecule has 2 amide bonds. The number of amides is 2. The predicted octanol–water partition coefficient (Wildman–Crippen LogP) is 1.54. The molecule has 0 aromatic heterocycles. The summed E-state index contributed by atoms with van der Waals surface area (Å²) in [6, 6.07) is 5.80. The number of hydrogen-bond acceptors (Lipinski definition) is 3. The van der Waals surface area contributed by atoms with E-state index in [2.05, 4.69) is 10.6 Å². The van der Waals surface area contributed by atoms with Gasteiger partial charge in [-0.25, -0.2) is 4.79 Å². The lowest BCUT2D eigenvalue weighted by Gasteiger charge is -2.17. The maximum atomic E-state index is 11.2. The Bertz CT molecular complexity index is 462. The summed E-state index contributed by atoms with van der Waals surface area (Å²) < 4.78 is 0. The van der Waals surface area contributed by atoms with Gasteiger partial charge in [-0.1, -0.05) is 6.07 Å². The number of anilines is 1. The summed E-state index contributed by atoms with van der Waals surface area (Å²) in [5.74, 6) is 0.454. The molecule has 1 aromatic rings. The molecule has 2 rings (SSSR count). The van der Waals surface area contributed by atoms with Crippen LogP contribution in [0.4, 0.5) is 10.5 Å². The van der Waals surface area contributed by atoms with Crippen molar-refractivity contribution in [3.05, 3.63) is 23.8 Å². The van der Waals surface area contributed by atoms with Crippen molar-refractivity contribution < 1.29 is 14.7 Å². The summed E-state index contributed by atoms with van der Waals surface area (Å²) in [4.78, 5) is 22.6. The van der Waals surface area contributed by atoms with Gasteiger partial charge in [0, 0.05) is 11.4 Å². The van der Waals surface area contributed by atoms with E-state index in [-0.39, 0.29) is 5.91 Å². The number of carboxylic acid groups (broad SMARTS) is 1. The van der Waals surface area contributed by atoms with E-state index in [0.29, 0.717) is 18.7 Å². The van der Waals surface area contributed by atoms with E-state index >= 15 is 0 Å². The van der Waals surface area contributed by atoms with Crippen LogP contribution in [-0.4, -0.2) is 29.4 Å². The number of fused-ring (bicyclic) bond motifs is 1. The molecule has 17 heavy (non-hydrogen) atoms. The Morgan fingerprint density at radius 1 is 1.53 bits per heavy atom. The van der Waals surface area contributed by atoms with Gasteiger partial charge in [0.1, 0.15) is 0 Å². The number of carbonyl (C=O) groups excluding carboxylic acids is 1. The molecule has 1 aliphatic heterocycles. The smallest absolute Gasteiger partial charge is 0.404 e.